The summed E-state index contributed by atoms with van der Waals surface area (Å²) in [5, 5.41) is 0. The number of piperidine rings is 1. The molecule has 1 atom stereocenters. The first-order valence-corrected chi connectivity index (χ1v) is 9.05. The van der Waals surface area contributed by atoms with E-state index in [9.17, 15) is 13.6 Å². The van der Waals surface area contributed by atoms with Crippen LogP contribution in [0.2, 0.25) is 0 Å². The number of carbonyl (C=O) groups is 1. The lowest BCUT2D eigenvalue weighted by Crippen LogP contribution is -2.41. The van der Waals surface area contributed by atoms with Gasteiger partial charge in [-0.25, -0.2) is 8.78 Å². The van der Waals surface area contributed by atoms with E-state index in [2.05, 4.69) is 0 Å². The van der Waals surface area contributed by atoms with Crippen LogP contribution in [-0.2, 0) is 11.2 Å². The molecule has 2 N–H and O–H groups in total. The first-order valence-electron chi connectivity index (χ1n) is 9.05. The third-order valence-corrected chi connectivity index (χ3v) is 5.04. The average molecular weight is 358 g/mol. The lowest BCUT2D eigenvalue weighted by molar-refractivity contribution is -0.132. The lowest BCUT2D eigenvalue weighted by atomic mass is 9.89. The van der Waals surface area contributed by atoms with Crippen LogP contribution in [0.4, 0.5) is 8.78 Å². The number of nitrogens with two attached hydrogens (primary N) is 1. The molecule has 1 saturated heterocycles. The van der Waals surface area contributed by atoms with Gasteiger partial charge in [0.25, 0.3) is 0 Å². The SMILES string of the molecule is N[C@@H](CC(=O)N1CCC(c2cccc(F)c2)CC1)Cc1ccccc1F. The summed E-state index contributed by atoms with van der Waals surface area (Å²) in [5.41, 5.74) is 7.59. The fraction of sp³-hybridized carbons (Fsp3) is 0.381. The zero-order valence-corrected chi connectivity index (χ0v) is 14.7. The summed E-state index contributed by atoms with van der Waals surface area (Å²) in [5.74, 6) is -0.222. The fourth-order valence-electron chi connectivity index (χ4n) is 3.59. The van der Waals surface area contributed by atoms with Crippen molar-refractivity contribution in [1.82, 2.24) is 4.90 Å². The van der Waals surface area contributed by atoms with E-state index >= 15 is 0 Å². The molecule has 26 heavy (non-hydrogen) atoms. The minimum absolute atomic E-state index is 0.00605. The largest absolute Gasteiger partial charge is 0.343 e. The van der Waals surface area contributed by atoms with Crippen molar-refractivity contribution in [3.63, 3.8) is 0 Å². The molecule has 0 spiro atoms. The van der Waals surface area contributed by atoms with Crippen LogP contribution >= 0.6 is 0 Å². The van der Waals surface area contributed by atoms with Crippen LogP contribution in [0.3, 0.4) is 0 Å². The number of rotatable bonds is 5. The van der Waals surface area contributed by atoms with Gasteiger partial charge in [-0.15, -0.1) is 0 Å². The molecule has 2 aromatic carbocycles. The summed E-state index contributed by atoms with van der Waals surface area (Å²) < 4.78 is 27.1. The fourth-order valence-corrected chi connectivity index (χ4v) is 3.59. The molecule has 1 heterocycles. The second kappa shape index (κ2) is 8.41. The quantitative estimate of drug-likeness (QED) is 0.887. The van der Waals surface area contributed by atoms with Gasteiger partial charge in [0.15, 0.2) is 0 Å². The van der Waals surface area contributed by atoms with Gasteiger partial charge in [0, 0.05) is 25.6 Å². The monoisotopic (exact) mass is 358 g/mol. The Kier molecular flexibility index (Phi) is 5.99. The first kappa shape index (κ1) is 18.5. The number of likely N-dealkylation sites (tertiary alicyclic amines) is 1. The van der Waals surface area contributed by atoms with Gasteiger partial charge in [-0.05, 0) is 54.5 Å². The van der Waals surface area contributed by atoms with Crippen LogP contribution in [0.15, 0.2) is 48.5 Å². The number of hydrogen-bond donors (Lipinski definition) is 1. The van der Waals surface area contributed by atoms with Gasteiger partial charge in [0.05, 0.1) is 0 Å². The molecule has 1 aliphatic rings. The highest BCUT2D eigenvalue weighted by Gasteiger charge is 2.25. The minimum Gasteiger partial charge on any atom is -0.343 e. The topological polar surface area (TPSA) is 46.3 Å². The van der Waals surface area contributed by atoms with Crippen LogP contribution in [0.25, 0.3) is 0 Å². The third-order valence-electron chi connectivity index (χ3n) is 5.04. The van der Waals surface area contributed by atoms with Crippen molar-refractivity contribution in [2.75, 3.05) is 13.1 Å². The summed E-state index contributed by atoms with van der Waals surface area (Å²) in [6.07, 6.45) is 2.19. The van der Waals surface area contributed by atoms with Gasteiger partial charge in [0.1, 0.15) is 11.6 Å². The Morgan fingerprint density at radius 1 is 1.12 bits per heavy atom. The molecule has 5 heteroatoms. The van der Waals surface area contributed by atoms with Gasteiger partial charge >= 0.3 is 0 Å². The summed E-state index contributed by atoms with van der Waals surface area (Å²) in [4.78, 5) is 14.3. The van der Waals surface area contributed by atoms with Crippen LogP contribution in [0, 0.1) is 11.6 Å². The molecule has 3 rings (SSSR count). The number of benzene rings is 2. The zero-order chi connectivity index (χ0) is 18.5. The number of halogens is 2. The Bertz CT molecular complexity index is 757. The lowest BCUT2D eigenvalue weighted by Gasteiger charge is -2.33. The van der Waals surface area contributed by atoms with E-state index < -0.39 is 6.04 Å². The van der Waals surface area contributed by atoms with Crippen LogP contribution in [0.5, 0.6) is 0 Å². The van der Waals surface area contributed by atoms with Crippen LogP contribution in [0.1, 0.15) is 36.3 Å². The molecule has 2 aromatic rings. The van der Waals surface area contributed by atoms with E-state index in [0.717, 1.165) is 18.4 Å². The molecule has 0 bridgehead atoms. The maximum Gasteiger partial charge on any atom is 0.224 e. The Hall–Kier alpha value is -2.27. The molecule has 138 valence electrons. The molecule has 0 saturated carbocycles. The van der Waals surface area contributed by atoms with Crippen LogP contribution in [-0.4, -0.2) is 29.9 Å². The summed E-state index contributed by atoms with van der Waals surface area (Å²) >= 11 is 0. The molecule has 1 fully saturated rings. The molecule has 3 nitrogen and oxygen atoms in total. The highest BCUT2D eigenvalue weighted by atomic mass is 19.1. The highest BCUT2D eigenvalue weighted by Crippen LogP contribution is 2.28. The van der Waals surface area contributed by atoms with E-state index in [-0.39, 0.29) is 29.9 Å². The summed E-state index contributed by atoms with van der Waals surface area (Å²) in [6, 6.07) is 12.8. The Morgan fingerprint density at radius 3 is 2.54 bits per heavy atom. The van der Waals surface area contributed by atoms with E-state index in [4.69, 9.17) is 5.73 Å². The van der Waals surface area contributed by atoms with Gasteiger partial charge < -0.3 is 10.6 Å². The van der Waals surface area contributed by atoms with Crippen molar-refractivity contribution >= 4 is 5.91 Å². The van der Waals surface area contributed by atoms with E-state index in [0.29, 0.717) is 25.1 Å². The Labute approximate surface area is 152 Å². The maximum absolute atomic E-state index is 13.7. The summed E-state index contributed by atoms with van der Waals surface area (Å²) in [7, 11) is 0. The number of nitrogens with zero attached hydrogens (tertiary/aromatic N) is 1. The molecule has 1 amide bonds. The highest BCUT2D eigenvalue weighted by molar-refractivity contribution is 5.77. The molecule has 1 aliphatic heterocycles. The standard InChI is InChI=1S/C21H24F2N2O/c22-18-6-3-5-16(12-18)15-8-10-25(11-9-15)21(26)14-19(24)13-17-4-1-2-7-20(17)23/h1-7,12,15,19H,8-11,13-14,24H2/t19-/m1/s1. The molecular weight excluding hydrogens is 334 g/mol. The van der Waals surface area contributed by atoms with Crippen molar-refractivity contribution in [1.29, 1.82) is 0 Å². The molecule has 0 radical (unpaired) electrons. The van der Waals surface area contributed by atoms with Crippen molar-refractivity contribution in [3.05, 3.63) is 71.3 Å². The first-order chi connectivity index (χ1) is 12.5. The second-order valence-electron chi connectivity index (χ2n) is 6.97. The molecule has 0 unspecified atom stereocenters. The zero-order valence-electron chi connectivity index (χ0n) is 14.7. The normalized spacial score (nSPS) is 16.5. The summed E-state index contributed by atoms with van der Waals surface area (Å²) in [6.45, 7) is 1.29. The van der Waals surface area contributed by atoms with Gasteiger partial charge in [0.2, 0.25) is 5.91 Å². The number of carbonyl (C=O) groups excluding carboxylic acids is 1. The average Bonchev–Trinajstić information content (AvgIpc) is 2.64. The van der Waals surface area contributed by atoms with Crippen molar-refractivity contribution in [2.24, 2.45) is 5.73 Å². The van der Waals surface area contributed by atoms with E-state index in [1.807, 2.05) is 11.0 Å². The Morgan fingerprint density at radius 2 is 1.85 bits per heavy atom. The van der Waals surface area contributed by atoms with Crippen molar-refractivity contribution in [3.8, 4) is 0 Å². The van der Waals surface area contributed by atoms with Gasteiger partial charge in [-0.3, -0.25) is 4.79 Å². The van der Waals surface area contributed by atoms with E-state index in [1.165, 1.54) is 12.1 Å². The molecule has 0 aliphatic carbocycles. The predicted octanol–water partition coefficient (Wildman–Crippen LogP) is 3.63. The van der Waals surface area contributed by atoms with Gasteiger partial charge in [-0.2, -0.15) is 0 Å². The van der Waals surface area contributed by atoms with E-state index in [1.54, 1.807) is 30.3 Å². The molecular formula is C21H24F2N2O. The molecule has 0 aromatic heterocycles. The second-order valence-corrected chi connectivity index (χ2v) is 6.97. The third kappa shape index (κ3) is 4.67. The van der Waals surface area contributed by atoms with Crippen LogP contribution < -0.4 is 5.73 Å². The van der Waals surface area contributed by atoms with Crippen molar-refractivity contribution in [2.45, 2.75) is 37.6 Å². The Balaban J connectivity index is 1.50. The minimum atomic E-state index is -0.402. The van der Waals surface area contributed by atoms with Crippen molar-refractivity contribution < 1.29 is 13.6 Å². The maximum atomic E-state index is 13.7. The number of hydrogen-bond acceptors (Lipinski definition) is 2. The number of amides is 1. The van der Waals surface area contributed by atoms with Gasteiger partial charge in [-0.1, -0.05) is 30.3 Å². The predicted molar refractivity (Wildman–Crippen MR) is 97.7 cm³/mol. The smallest absolute Gasteiger partial charge is 0.224 e.